The predicted molar refractivity (Wildman–Crippen MR) is 118 cm³/mol. The number of halogens is 1. The summed E-state index contributed by atoms with van der Waals surface area (Å²) in [6.07, 6.45) is 3.12. The maximum Gasteiger partial charge on any atom is 0.263 e. The first-order valence-corrected chi connectivity index (χ1v) is 10.2. The predicted octanol–water partition coefficient (Wildman–Crippen LogP) is 5.28. The Bertz CT molecular complexity index is 1200. The van der Waals surface area contributed by atoms with Gasteiger partial charge in [0.1, 0.15) is 11.5 Å². The standard InChI is InChI=1S/C23H19FN4OS/c1-3-13-27(23-26-20(15-30-23)17-9-5-4-6-10-17)22(29)18-14-25-28(16(18)2)21-12-8-7-11-19(21)24/h3-12,14-15H,1,13H2,2H3. The lowest BCUT2D eigenvalue weighted by Crippen LogP contribution is -2.31. The van der Waals surface area contributed by atoms with Crippen molar-refractivity contribution in [3.05, 3.63) is 95.9 Å². The van der Waals surface area contributed by atoms with Crippen molar-refractivity contribution in [2.75, 3.05) is 11.4 Å². The van der Waals surface area contributed by atoms with Gasteiger partial charge in [-0.05, 0) is 19.1 Å². The third-order valence-corrected chi connectivity index (χ3v) is 5.53. The average molecular weight is 418 g/mol. The van der Waals surface area contributed by atoms with E-state index in [0.717, 1.165) is 11.3 Å². The van der Waals surface area contributed by atoms with Gasteiger partial charge in [-0.15, -0.1) is 17.9 Å². The van der Waals surface area contributed by atoms with Gasteiger partial charge >= 0.3 is 0 Å². The fourth-order valence-electron chi connectivity index (χ4n) is 3.14. The van der Waals surface area contributed by atoms with E-state index >= 15 is 0 Å². The maximum absolute atomic E-state index is 14.2. The number of carbonyl (C=O) groups is 1. The number of amides is 1. The van der Waals surface area contributed by atoms with Crippen molar-refractivity contribution < 1.29 is 9.18 Å². The van der Waals surface area contributed by atoms with E-state index in [1.807, 2.05) is 35.7 Å². The number of aromatic nitrogens is 3. The summed E-state index contributed by atoms with van der Waals surface area (Å²) in [5, 5.41) is 6.73. The SMILES string of the molecule is C=CCN(C(=O)c1cnn(-c2ccccc2F)c1C)c1nc(-c2ccccc2)cs1. The van der Waals surface area contributed by atoms with Crippen LogP contribution in [-0.4, -0.2) is 27.2 Å². The lowest BCUT2D eigenvalue weighted by molar-refractivity contribution is 0.0989. The second-order valence-electron chi connectivity index (χ2n) is 6.59. The van der Waals surface area contributed by atoms with Crippen molar-refractivity contribution in [2.24, 2.45) is 0 Å². The van der Waals surface area contributed by atoms with Gasteiger partial charge in [0.2, 0.25) is 0 Å². The second kappa shape index (κ2) is 8.42. The number of rotatable bonds is 6. The van der Waals surface area contributed by atoms with Crippen LogP contribution >= 0.6 is 11.3 Å². The van der Waals surface area contributed by atoms with Crippen molar-refractivity contribution in [1.82, 2.24) is 14.8 Å². The molecule has 0 aliphatic rings. The molecule has 2 aromatic heterocycles. The van der Waals surface area contributed by atoms with E-state index in [9.17, 15) is 9.18 Å². The average Bonchev–Trinajstić information content (AvgIpc) is 3.40. The zero-order chi connectivity index (χ0) is 21.1. The number of hydrogen-bond donors (Lipinski definition) is 0. The Morgan fingerprint density at radius 2 is 1.93 bits per heavy atom. The van der Waals surface area contributed by atoms with E-state index in [2.05, 4.69) is 16.7 Å². The summed E-state index contributed by atoms with van der Waals surface area (Å²) in [6.45, 7) is 5.81. The van der Waals surface area contributed by atoms with E-state index in [1.165, 1.54) is 28.3 Å². The van der Waals surface area contributed by atoms with Gasteiger partial charge in [0.25, 0.3) is 5.91 Å². The van der Waals surface area contributed by atoms with Gasteiger partial charge in [0.05, 0.1) is 23.1 Å². The highest BCUT2D eigenvalue weighted by Gasteiger charge is 2.24. The minimum atomic E-state index is -0.405. The quantitative estimate of drug-likeness (QED) is 0.401. The maximum atomic E-state index is 14.2. The molecular formula is C23H19FN4OS. The molecule has 0 unspecified atom stereocenters. The molecule has 0 spiro atoms. The molecule has 0 N–H and O–H groups in total. The Balaban J connectivity index is 1.68. The van der Waals surface area contributed by atoms with Crippen LogP contribution in [0.25, 0.3) is 16.9 Å². The van der Waals surface area contributed by atoms with E-state index in [1.54, 1.807) is 36.1 Å². The zero-order valence-electron chi connectivity index (χ0n) is 16.3. The monoisotopic (exact) mass is 418 g/mol. The first kappa shape index (κ1) is 19.7. The number of carbonyl (C=O) groups excluding carboxylic acids is 1. The van der Waals surface area contributed by atoms with E-state index in [4.69, 9.17) is 0 Å². The first-order chi connectivity index (χ1) is 14.6. The molecule has 5 nitrogen and oxygen atoms in total. The van der Waals surface area contributed by atoms with Crippen molar-refractivity contribution in [3.63, 3.8) is 0 Å². The molecule has 0 bridgehead atoms. The minimum absolute atomic E-state index is 0.260. The normalized spacial score (nSPS) is 10.7. The fourth-order valence-corrected chi connectivity index (χ4v) is 3.98. The Morgan fingerprint density at radius 3 is 2.67 bits per heavy atom. The molecule has 4 rings (SSSR count). The van der Waals surface area contributed by atoms with Crippen molar-refractivity contribution >= 4 is 22.4 Å². The molecule has 30 heavy (non-hydrogen) atoms. The molecule has 0 saturated carbocycles. The Kier molecular flexibility index (Phi) is 5.54. The molecule has 0 saturated heterocycles. The van der Waals surface area contributed by atoms with Gasteiger partial charge in [-0.2, -0.15) is 5.10 Å². The molecule has 0 radical (unpaired) electrons. The van der Waals surface area contributed by atoms with Crippen LogP contribution in [0.1, 0.15) is 16.1 Å². The smallest absolute Gasteiger partial charge is 0.263 e. The lowest BCUT2D eigenvalue weighted by atomic mass is 10.2. The third kappa shape index (κ3) is 3.67. The van der Waals surface area contributed by atoms with Crippen molar-refractivity contribution in [1.29, 1.82) is 0 Å². The van der Waals surface area contributed by atoms with Gasteiger partial charge in [-0.1, -0.05) is 48.5 Å². The molecule has 0 fully saturated rings. The Morgan fingerprint density at radius 1 is 1.20 bits per heavy atom. The van der Waals surface area contributed by atoms with Crippen LogP contribution in [0.2, 0.25) is 0 Å². The highest BCUT2D eigenvalue weighted by molar-refractivity contribution is 7.14. The zero-order valence-corrected chi connectivity index (χ0v) is 17.1. The van der Waals surface area contributed by atoms with Crippen molar-refractivity contribution in [3.8, 4) is 16.9 Å². The summed E-state index contributed by atoms with van der Waals surface area (Å²) in [5.41, 5.74) is 3.02. The Hall–Kier alpha value is -3.58. The number of benzene rings is 2. The van der Waals surface area contributed by atoms with E-state index in [0.29, 0.717) is 28.6 Å². The van der Waals surface area contributed by atoms with Crippen LogP contribution < -0.4 is 4.90 Å². The highest BCUT2D eigenvalue weighted by Crippen LogP contribution is 2.29. The summed E-state index contributed by atoms with van der Waals surface area (Å²) in [7, 11) is 0. The van der Waals surface area contributed by atoms with Gasteiger partial charge in [-0.3, -0.25) is 9.69 Å². The minimum Gasteiger partial charge on any atom is -0.280 e. The fraction of sp³-hybridized carbons (Fsp3) is 0.0870. The van der Waals surface area contributed by atoms with Crippen LogP contribution in [0.15, 0.2) is 78.8 Å². The molecular weight excluding hydrogens is 399 g/mol. The molecule has 150 valence electrons. The summed E-state index contributed by atoms with van der Waals surface area (Å²) < 4.78 is 15.6. The largest absolute Gasteiger partial charge is 0.280 e. The highest BCUT2D eigenvalue weighted by atomic mass is 32.1. The van der Waals surface area contributed by atoms with Gasteiger partial charge in [-0.25, -0.2) is 14.1 Å². The van der Waals surface area contributed by atoms with Gasteiger partial charge in [0, 0.05) is 17.5 Å². The summed E-state index contributed by atoms with van der Waals surface area (Å²) in [6, 6.07) is 16.1. The summed E-state index contributed by atoms with van der Waals surface area (Å²) in [4.78, 5) is 19.5. The van der Waals surface area contributed by atoms with Crippen LogP contribution in [-0.2, 0) is 0 Å². The molecule has 7 heteroatoms. The lowest BCUT2D eigenvalue weighted by Gasteiger charge is -2.18. The molecule has 0 atom stereocenters. The molecule has 1 amide bonds. The molecule has 0 aliphatic heterocycles. The topological polar surface area (TPSA) is 51.0 Å². The van der Waals surface area contributed by atoms with Crippen LogP contribution in [0.5, 0.6) is 0 Å². The van der Waals surface area contributed by atoms with Crippen LogP contribution in [0.3, 0.4) is 0 Å². The van der Waals surface area contributed by atoms with E-state index < -0.39 is 5.82 Å². The Labute approximate surface area is 177 Å². The molecule has 2 heterocycles. The molecule has 4 aromatic rings. The molecule has 2 aromatic carbocycles. The number of anilines is 1. The molecule has 0 aliphatic carbocycles. The van der Waals surface area contributed by atoms with Crippen molar-refractivity contribution in [2.45, 2.75) is 6.92 Å². The first-order valence-electron chi connectivity index (χ1n) is 9.33. The summed E-state index contributed by atoms with van der Waals surface area (Å²) in [5.74, 6) is -0.665. The van der Waals surface area contributed by atoms with Gasteiger partial charge < -0.3 is 0 Å². The van der Waals surface area contributed by atoms with Crippen LogP contribution in [0.4, 0.5) is 9.52 Å². The number of hydrogen-bond acceptors (Lipinski definition) is 4. The van der Waals surface area contributed by atoms with Gasteiger partial charge in [0.15, 0.2) is 5.13 Å². The second-order valence-corrected chi connectivity index (χ2v) is 7.43. The number of nitrogens with zero attached hydrogens (tertiary/aromatic N) is 4. The number of para-hydroxylation sites is 1. The number of thiazole rings is 1. The van der Waals surface area contributed by atoms with Crippen LogP contribution in [0, 0.1) is 12.7 Å². The van der Waals surface area contributed by atoms with E-state index in [-0.39, 0.29) is 5.91 Å². The third-order valence-electron chi connectivity index (χ3n) is 4.67. The summed E-state index contributed by atoms with van der Waals surface area (Å²) >= 11 is 1.39.